The Kier molecular flexibility index (Phi) is 4.01. The summed E-state index contributed by atoms with van der Waals surface area (Å²) in [4.78, 5) is 7.67. The highest BCUT2D eigenvalue weighted by Crippen LogP contribution is 2.19. The van der Waals surface area contributed by atoms with Crippen LogP contribution in [0.3, 0.4) is 0 Å². The van der Waals surface area contributed by atoms with Crippen LogP contribution in [0.2, 0.25) is 0 Å². The number of H-pyrrole nitrogens is 1. The van der Waals surface area contributed by atoms with Crippen LogP contribution in [0.4, 0.5) is 0 Å². The zero-order chi connectivity index (χ0) is 13.1. The number of hydrogen-bond acceptors (Lipinski definition) is 3. The Morgan fingerprint density at radius 3 is 2.72 bits per heavy atom. The van der Waals surface area contributed by atoms with Crippen molar-refractivity contribution in [2.75, 3.05) is 7.11 Å². The maximum atomic E-state index is 5.37. The molecular formula is C13H19N3OS. The topological polar surface area (TPSA) is 42.8 Å². The number of hydrogen-bond donors (Lipinski definition) is 1. The van der Waals surface area contributed by atoms with Crippen molar-refractivity contribution in [2.24, 2.45) is 5.92 Å². The summed E-state index contributed by atoms with van der Waals surface area (Å²) in [5, 5.41) is 0. The van der Waals surface area contributed by atoms with Crippen LogP contribution < -0.4 is 4.74 Å². The van der Waals surface area contributed by atoms with Crippen molar-refractivity contribution in [2.45, 2.75) is 33.2 Å². The predicted octanol–water partition coefficient (Wildman–Crippen LogP) is 3.54. The molecule has 2 aromatic heterocycles. The highest BCUT2D eigenvalue weighted by molar-refractivity contribution is 7.71. The van der Waals surface area contributed by atoms with Crippen molar-refractivity contribution in [3.63, 3.8) is 0 Å². The number of ether oxygens (including phenoxy) is 1. The van der Waals surface area contributed by atoms with E-state index < -0.39 is 0 Å². The molecule has 0 spiro atoms. The van der Waals surface area contributed by atoms with Crippen molar-refractivity contribution in [1.82, 2.24) is 14.5 Å². The van der Waals surface area contributed by atoms with Gasteiger partial charge in [-0.05, 0) is 24.2 Å². The molecule has 1 N–H and O–H groups in total. The average Bonchev–Trinajstić information content (AvgIpc) is 2.70. The van der Waals surface area contributed by atoms with Crippen LogP contribution in [0.15, 0.2) is 12.1 Å². The average molecular weight is 265 g/mol. The fourth-order valence-electron chi connectivity index (χ4n) is 2.10. The first-order valence-corrected chi connectivity index (χ1v) is 6.74. The fourth-order valence-corrected chi connectivity index (χ4v) is 2.37. The minimum Gasteiger partial charge on any atom is -0.481 e. The van der Waals surface area contributed by atoms with Gasteiger partial charge in [-0.15, -0.1) is 0 Å². The SMILES string of the molecule is CCC(CC)Cn1c(=S)[nH]c2ccc(OC)nc21. The normalized spacial score (nSPS) is 11.3. The van der Waals surface area contributed by atoms with Crippen molar-refractivity contribution in [3.8, 4) is 5.88 Å². The van der Waals surface area contributed by atoms with Crippen LogP contribution in [-0.4, -0.2) is 21.6 Å². The number of rotatable bonds is 5. The molecule has 0 aromatic carbocycles. The smallest absolute Gasteiger partial charge is 0.215 e. The lowest BCUT2D eigenvalue weighted by atomic mass is 10.0. The molecule has 0 bridgehead atoms. The summed E-state index contributed by atoms with van der Waals surface area (Å²) in [6.45, 7) is 5.33. The number of imidazole rings is 1. The van der Waals surface area contributed by atoms with Gasteiger partial charge in [0.15, 0.2) is 10.4 Å². The summed E-state index contributed by atoms with van der Waals surface area (Å²) in [6.07, 6.45) is 2.30. The number of nitrogens with one attached hydrogen (secondary N) is 1. The lowest BCUT2D eigenvalue weighted by Crippen LogP contribution is -2.09. The third-order valence-corrected chi connectivity index (χ3v) is 3.72. The summed E-state index contributed by atoms with van der Waals surface area (Å²) in [7, 11) is 1.63. The minimum atomic E-state index is 0.620. The Morgan fingerprint density at radius 1 is 1.39 bits per heavy atom. The van der Waals surface area contributed by atoms with Gasteiger partial charge in [0, 0.05) is 12.6 Å². The molecule has 0 unspecified atom stereocenters. The lowest BCUT2D eigenvalue weighted by molar-refractivity contribution is 0.396. The number of aromatic amines is 1. The van der Waals surface area contributed by atoms with Crippen LogP contribution in [0, 0.1) is 10.7 Å². The lowest BCUT2D eigenvalue weighted by Gasteiger charge is -2.13. The minimum absolute atomic E-state index is 0.620. The second-order valence-electron chi connectivity index (χ2n) is 4.45. The van der Waals surface area contributed by atoms with E-state index in [0.717, 1.165) is 35.3 Å². The van der Waals surface area contributed by atoms with Crippen molar-refractivity contribution >= 4 is 23.4 Å². The Bertz CT molecular complexity index is 583. The van der Waals surface area contributed by atoms with Gasteiger partial charge in [0.2, 0.25) is 5.88 Å². The Labute approximate surface area is 112 Å². The summed E-state index contributed by atoms with van der Waals surface area (Å²) < 4.78 is 7.98. The first kappa shape index (κ1) is 13.1. The van der Waals surface area contributed by atoms with Gasteiger partial charge in [0.25, 0.3) is 0 Å². The van der Waals surface area contributed by atoms with E-state index in [1.807, 2.05) is 12.1 Å². The van der Waals surface area contributed by atoms with Gasteiger partial charge in [-0.1, -0.05) is 26.7 Å². The maximum Gasteiger partial charge on any atom is 0.215 e. The Hall–Kier alpha value is -1.36. The Morgan fingerprint density at radius 2 is 2.11 bits per heavy atom. The molecule has 2 heterocycles. The standard InChI is InChI=1S/C13H19N3OS/c1-4-9(5-2)8-16-12-10(14-13(16)18)6-7-11(15-12)17-3/h6-7,9H,4-5,8H2,1-3H3,(H,14,18). The van der Waals surface area contributed by atoms with E-state index in [2.05, 4.69) is 28.4 Å². The monoisotopic (exact) mass is 265 g/mol. The van der Waals surface area contributed by atoms with E-state index in [4.69, 9.17) is 17.0 Å². The summed E-state index contributed by atoms with van der Waals surface area (Å²) in [5.41, 5.74) is 1.85. The molecule has 2 aromatic rings. The van der Waals surface area contributed by atoms with E-state index in [1.54, 1.807) is 7.11 Å². The second-order valence-corrected chi connectivity index (χ2v) is 4.83. The molecule has 4 nitrogen and oxygen atoms in total. The van der Waals surface area contributed by atoms with Gasteiger partial charge in [-0.2, -0.15) is 4.98 Å². The van der Waals surface area contributed by atoms with Gasteiger partial charge in [-0.3, -0.25) is 0 Å². The van der Waals surface area contributed by atoms with Crippen molar-refractivity contribution < 1.29 is 4.74 Å². The van der Waals surface area contributed by atoms with E-state index in [1.165, 1.54) is 0 Å². The van der Waals surface area contributed by atoms with Gasteiger partial charge < -0.3 is 14.3 Å². The molecule has 0 atom stereocenters. The van der Waals surface area contributed by atoms with E-state index in [9.17, 15) is 0 Å². The van der Waals surface area contributed by atoms with E-state index in [0.29, 0.717) is 11.8 Å². The molecule has 0 aliphatic heterocycles. The van der Waals surface area contributed by atoms with Crippen LogP contribution in [0.25, 0.3) is 11.2 Å². The summed E-state index contributed by atoms with van der Waals surface area (Å²) in [5.74, 6) is 1.25. The van der Waals surface area contributed by atoms with Crippen molar-refractivity contribution in [1.29, 1.82) is 0 Å². The molecule has 5 heteroatoms. The second kappa shape index (κ2) is 5.52. The number of methoxy groups -OCH3 is 1. The molecule has 0 aliphatic carbocycles. The maximum absolute atomic E-state index is 5.37. The first-order valence-electron chi connectivity index (χ1n) is 6.33. The van der Waals surface area contributed by atoms with Crippen LogP contribution in [-0.2, 0) is 6.54 Å². The van der Waals surface area contributed by atoms with Gasteiger partial charge in [0.05, 0.1) is 12.6 Å². The highest BCUT2D eigenvalue weighted by atomic mass is 32.1. The third-order valence-electron chi connectivity index (χ3n) is 3.40. The van der Waals surface area contributed by atoms with Crippen LogP contribution in [0.1, 0.15) is 26.7 Å². The number of nitrogens with zero attached hydrogens (tertiary/aromatic N) is 2. The molecule has 98 valence electrons. The highest BCUT2D eigenvalue weighted by Gasteiger charge is 2.11. The zero-order valence-corrected chi connectivity index (χ0v) is 11.9. The summed E-state index contributed by atoms with van der Waals surface area (Å²) >= 11 is 5.37. The number of pyridine rings is 1. The van der Waals surface area contributed by atoms with Crippen molar-refractivity contribution in [3.05, 3.63) is 16.9 Å². The predicted molar refractivity (Wildman–Crippen MR) is 75.5 cm³/mol. The van der Waals surface area contributed by atoms with Crippen LogP contribution in [0.5, 0.6) is 5.88 Å². The molecule has 0 amide bonds. The number of aromatic nitrogens is 3. The van der Waals surface area contributed by atoms with E-state index >= 15 is 0 Å². The molecule has 0 fully saturated rings. The van der Waals surface area contributed by atoms with Gasteiger partial charge in [0.1, 0.15) is 0 Å². The molecular weight excluding hydrogens is 246 g/mol. The fraction of sp³-hybridized carbons (Fsp3) is 0.538. The zero-order valence-electron chi connectivity index (χ0n) is 11.1. The summed E-state index contributed by atoms with van der Waals surface area (Å²) in [6, 6.07) is 3.80. The van der Waals surface area contributed by atoms with Crippen LogP contribution >= 0.6 is 12.2 Å². The quantitative estimate of drug-likeness (QED) is 0.841. The molecule has 2 rings (SSSR count). The molecule has 0 radical (unpaired) electrons. The molecule has 0 saturated carbocycles. The van der Waals surface area contributed by atoms with Gasteiger partial charge in [-0.25, -0.2) is 0 Å². The number of fused-ring (bicyclic) bond motifs is 1. The van der Waals surface area contributed by atoms with E-state index in [-0.39, 0.29) is 0 Å². The molecule has 18 heavy (non-hydrogen) atoms. The molecule has 0 saturated heterocycles. The van der Waals surface area contributed by atoms with Gasteiger partial charge >= 0.3 is 0 Å². The molecule has 0 aliphatic rings. The first-order chi connectivity index (χ1) is 8.69. The Balaban J connectivity index is 2.47. The largest absolute Gasteiger partial charge is 0.481 e. The third kappa shape index (κ3) is 2.41.